The van der Waals surface area contributed by atoms with Crippen LogP contribution in [0.3, 0.4) is 0 Å². The highest BCUT2D eigenvalue weighted by atomic mass is 32.2. The first kappa shape index (κ1) is 20.4. The molecule has 154 valence electrons. The molecule has 1 aromatic heterocycles. The van der Waals surface area contributed by atoms with Gasteiger partial charge in [0, 0.05) is 36.1 Å². The normalized spacial score (nSPS) is 16.3. The number of aryl methyl sites for hydroxylation is 2. The van der Waals surface area contributed by atoms with Crippen molar-refractivity contribution in [3.05, 3.63) is 72.1 Å². The van der Waals surface area contributed by atoms with Crippen molar-refractivity contribution in [2.45, 2.75) is 36.6 Å². The first-order valence-electron chi connectivity index (χ1n) is 10.3. The number of carbonyl (C=O) groups is 1. The molecule has 4 rings (SSSR count). The molecule has 1 amide bonds. The Morgan fingerprint density at radius 3 is 2.57 bits per heavy atom. The van der Waals surface area contributed by atoms with Gasteiger partial charge in [0.25, 0.3) is 0 Å². The van der Waals surface area contributed by atoms with Gasteiger partial charge >= 0.3 is 0 Å². The first-order valence-corrected chi connectivity index (χ1v) is 11.1. The molecule has 1 aliphatic rings. The van der Waals surface area contributed by atoms with Crippen LogP contribution in [0.4, 0.5) is 11.5 Å². The molecule has 5 nitrogen and oxygen atoms in total. The van der Waals surface area contributed by atoms with E-state index in [-0.39, 0.29) is 11.8 Å². The second-order valence-electron chi connectivity index (χ2n) is 7.75. The lowest BCUT2D eigenvalue weighted by Crippen LogP contribution is -2.41. The summed E-state index contributed by atoms with van der Waals surface area (Å²) in [5, 5.41) is 3.99. The number of amides is 1. The van der Waals surface area contributed by atoms with Gasteiger partial charge in [0.05, 0.1) is 5.92 Å². The van der Waals surface area contributed by atoms with Crippen LogP contribution < -0.4 is 10.2 Å². The van der Waals surface area contributed by atoms with E-state index in [4.69, 9.17) is 0 Å². The van der Waals surface area contributed by atoms with E-state index in [1.807, 2.05) is 44.2 Å². The summed E-state index contributed by atoms with van der Waals surface area (Å²) in [7, 11) is 0. The predicted octanol–water partition coefficient (Wildman–Crippen LogP) is 5.10. The lowest BCUT2D eigenvalue weighted by molar-refractivity contribution is -0.120. The van der Waals surface area contributed by atoms with E-state index in [1.165, 1.54) is 0 Å². The maximum absolute atomic E-state index is 13.0. The van der Waals surface area contributed by atoms with E-state index in [1.54, 1.807) is 24.2 Å². The Hall–Kier alpha value is -2.86. The molecule has 1 aliphatic heterocycles. The second kappa shape index (κ2) is 9.30. The summed E-state index contributed by atoms with van der Waals surface area (Å²) in [6.45, 7) is 5.63. The highest BCUT2D eigenvalue weighted by molar-refractivity contribution is 7.99. The van der Waals surface area contributed by atoms with Gasteiger partial charge in [-0.1, -0.05) is 36.0 Å². The molecule has 1 N–H and O–H groups in total. The Labute approximate surface area is 181 Å². The number of rotatable bonds is 5. The molecule has 1 atom stereocenters. The summed E-state index contributed by atoms with van der Waals surface area (Å²) in [6, 6.07) is 16.3. The van der Waals surface area contributed by atoms with E-state index in [0.717, 1.165) is 51.9 Å². The van der Waals surface area contributed by atoms with Gasteiger partial charge in [-0.3, -0.25) is 4.79 Å². The number of nitrogens with zero attached hydrogens (tertiary/aromatic N) is 3. The van der Waals surface area contributed by atoms with Crippen LogP contribution in [0.2, 0.25) is 0 Å². The fraction of sp³-hybridized carbons (Fsp3) is 0.292. The Morgan fingerprint density at radius 2 is 1.80 bits per heavy atom. The molecular weight excluding hydrogens is 392 g/mol. The average molecular weight is 419 g/mol. The van der Waals surface area contributed by atoms with E-state index in [2.05, 4.69) is 38.4 Å². The maximum Gasteiger partial charge on any atom is 0.229 e. The minimum absolute atomic E-state index is 0.0730. The summed E-state index contributed by atoms with van der Waals surface area (Å²) in [5.41, 5.74) is 3.17. The van der Waals surface area contributed by atoms with Crippen molar-refractivity contribution in [2.75, 3.05) is 23.3 Å². The zero-order valence-electron chi connectivity index (χ0n) is 17.3. The van der Waals surface area contributed by atoms with Crippen LogP contribution in [0, 0.1) is 19.8 Å². The van der Waals surface area contributed by atoms with Crippen LogP contribution in [0.15, 0.2) is 70.8 Å². The summed E-state index contributed by atoms with van der Waals surface area (Å²) in [5.74, 6) is 0.859. The number of hydrogen-bond acceptors (Lipinski definition) is 5. The molecule has 1 fully saturated rings. The molecule has 0 saturated carbocycles. The van der Waals surface area contributed by atoms with E-state index in [9.17, 15) is 4.79 Å². The third kappa shape index (κ3) is 5.00. The molecule has 0 spiro atoms. The molecule has 0 radical (unpaired) electrons. The molecule has 30 heavy (non-hydrogen) atoms. The highest BCUT2D eigenvalue weighted by Crippen LogP contribution is 2.34. The summed E-state index contributed by atoms with van der Waals surface area (Å²) in [4.78, 5) is 25.5. The van der Waals surface area contributed by atoms with Gasteiger partial charge in [-0.05, 0) is 62.1 Å². The molecule has 1 saturated heterocycles. The van der Waals surface area contributed by atoms with Gasteiger partial charge in [0.1, 0.15) is 5.03 Å². The number of piperidine rings is 1. The quantitative estimate of drug-likeness (QED) is 0.625. The van der Waals surface area contributed by atoms with Crippen LogP contribution in [-0.2, 0) is 4.79 Å². The molecule has 0 bridgehead atoms. The van der Waals surface area contributed by atoms with Crippen molar-refractivity contribution in [3.63, 3.8) is 0 Å². The van der Waals surface area contributed by atoms with E-state index < -0.39 is 0 Å². The first-order chi connectivity index (χ1) is 14.6. The van der Waals surface area contributed by atoms with Crippen molar-refractivity contribution >= 4 is 29.2 Å². The standard InChI is InChI=1S/C24H26N4OS/c1-17-13-18(2)15-20(14-17)27-23(29)19-7-6-12-28(16-19)22-24(26-11-10-25-22)30-21-8-4-3-5-9-21/h3-5,8-11,13-15,19H,6-7,12,16H2,1-2H3,(H,27,29)/t19-/m0/s1. The van der Waals surface area contributed by atoms with Gasteiger partial charge in [-0.2, -0.15) is 0 Å². The second-order valence-corrected chi connectivity index (χ2v) is 8.81. The number of benzene rings is 2. The van der Waals surface area contributed by atoms with E-state index in [0.29, 0.717) is 6.54 Å². The monoisotopic (exact) mass is 418 g/mol. The van der Waals surface area contributed by atoms with Gasteiger partial charge in [0.2, 0.25) is 5.91 Å². The zero-order chi connectivity index (χ0) is 20.9. The van der Waals surface area contributed by atoms with Crippen LogP contribution in [-0.4, -0.2) is 29.0 Å². The SMILES string of the molecule is Cc1cc(C)cc(NC(=O)[C@H]2CCCN(c3nccnc3Sc3ccccc3)C2)c1. The average Bonchev–Trinajstić information content (AvgIpc) is 2.74. The van der Waals surface area contributed by atoms with Gasteiger partial charge in [-0.25, -0.2) is 9.97 Å². The molecule has 0 unspecified atom stereocenters. The smallest absolute Gasteiger partial charge is 0.229 e. The predicted molar refractivity (Wildman–Crippen MR) is 122 cm³/mol. The highest BCUT2D eigenvalue weighted by Gasteiger charge is 2.28. The van der Waals surface area contributed by atoms with Crippen molar-refractivity contribution in [3.8, 4) is 0 Å². The van der Waals surface area contributed by atoms with Crippen molar-refractivity contribution < 1.29 is 4.79 Å². The fourth-order valence-electron chi connectivity index (χ4n) is 3.88. The molecule has 2 heterocycles. The number of anilines is 2. The lowest BCUT2D eigenvalue weighted by atomic mass is 9.97. The third-order valence-electron chi connectivity index (χ3n) is 5.19. The van der Waals surface area contributed by atoms with Crippen LogP contribution in [0.5, 0.6) is 0 Å². The van der Waals surface area contributed by atoms with Gasteiger partial charge in [-0.15, -0.1) is 0 Å². The topological polar surface area (TPSA) is 58.1 Å². The Morgan fingerprint density at radius 1 is 1.07 bits per heavy atom. The molecule has 3 aromatic rings. The number of hydrogen-bond donors (Lipinski definition) is 1. The zero-order valence-corrected chi connectivity index (χ0v) is 18.2. The number of carbonyl (C=O) groups excluding carboxylic acids is 1. The fourth-order valence-corrected chi connectivity index (χ4v) is 4.78. The Bertz CT molecular complexity index is 1000. The van der Waals surface area contributed by atoms with Gasteiger partial charge < -0.3 is 10.2 Å². The van der Waals surface area contributed by atoms with Crippen molar-refractivity contribution in [1.29, 1.82) is 0 Å². The van der Waals surface area contributed by atoms with Crippen LogP contribution in [0.25, 0.3) is 0 Å². The summed E-state index contributed by atoms with van der Waals surface area (Å²) in [6.07, 6.45) is 5.29. The Balaban J connectivity index is 1.48. The molecule has 0 aliphatic carbocycles. The molecule has 2 aromatic carbocycles. The van der Waals surface area contributed by atoms with Gasteiger partial charge in [0.15, 0.2) is 5.82 Å². The number of aromatic nitrogens is 2. The molecule has 6 heteroatoms. The van der Waals surface area contributed by atoms with Crippen LogP contribution in [0.1, 0.15) is 24.0 Å². The van der Waals surface area contributed by atoms with Crippen molar-refractivity contribution in [2.24, 2.45) is 5.92 Å². The van der Waals surface area contributed by atoms with E-state index >= 15 is 0 Å². The lowest BCUT2D eigenvalue weighted by Gasteiger charge is -2.33. The Kier molecular flexibility index (Phi) is 6.33. The number of nitrogens with one attached hydrogen (secondary N) is 1. The molecular formula is C24H26N4OS. The summed E-state index contributed by atoms with van der Waals surface area (Å²) >= 11 is 1.61. The maximum atomic E-state index is 13.0. The van der Waals surface area contributed by atoms with Crippen molar-refractivity contribution in [1.82, 2.24) is 9.97 Å². The minimum atomic E-state index is -0.0730. The largest absolute Gasteiger partial charge is 0.354 e. The minimum Gasteiger partial charge on any atom is -0.354 e. The third-order valence-corrected chi connectivity index (χ3v) is 6.17. The van der Waals surface area contributed by atoms with Crippen LogP contribution >= 0.6 is 11.8 Å². The summed E-state index contributed by atoms with van der Waals surface area (Å²) < 4.78 is 0.